The molecule has 2 rings (SSSR count). The lowest BCUT2D eigenvalue weighted by Crippen LogP contribution is -2.16. The number of nitrogens with one attached hydrogen (secondary N) is 1. The molecule has 0 fully saturated rings. The minimum Gasteiger partial charge on any atom is -0.326 e. The lowest BCUT2D eigenvalue weighted by atomic mass is 10.0. The molecule has 0 aliphatic heterocycles. The monoisotopic (exact) mass is 322 g/mol. The number of hydrogen-bond acceptors (Lipinski definition) is 2. The summed E-state index contributed by atoms with van der Waals surface area (Å²) in [7, 11) is 0. The Labute approximate surface area is 134 Å². The predicted octanol–water partition coefficient (Wildman–Crippen LogP) is 3.94. The summed E-state index contributed by atoms with van der Waals surface area (Å²) in [5, 5.41) is 3.66. The van der Waals surface area contributed by atoms with E-state index in [1.165, 1.54) is 0 Å². The summed E-state index contributed by atoms with van der Waals surface area (Å²) in [6.07, 6.45) is 0.230. The van der Waals surface area contributed by atoms with Gasteiger partial charge in [0.1, 0.15) is 0 Å². The maximum atomic E-state index is 12.2. The number of nitrogens with two attached hydrogens (primary N) is 1. The first kappa shape index (κ1) is 15.8. The number of aryl methyl sites for hydroxylation is 1. The lowest BCUT2D eigenvalue weighted by molar-refractivity contribution is -0.115. The molecule has 0 saturated carbocycles. The zero-order chi connectivity index (χ0) is 15.4. The van der Waals surface area contributed by atoms with Crippen molar-refractivity contribution in [2.75, 3.05) is 5.32 Å². The van der Waals surface area contributed by atoms with Crippen molar-refractivity contribution >= 4 is 34.8 Å². The Morgan fingerprint density at radius 2 is 1.81 bits per heavy atom. The Morgan fingerprint density at radius 3 is 2.48 bits per heavy atom. The number of halogens is 2. The minimum absolute atomic E-state index is 0.176. The number of anilines is 1. The van der Waals surface area contributed by atoms with Crippen LogP contribution in [0, 0.1) is 6.92 Å². The summed E-state index contributed by atoms with van der Waals surface area (Å²) in [5.41, 5.74) is 8.84. The molecule has 0 aliphatic carbocycles. The van der Waals surface area contributed by atoms with Crippen molar-refractivity contribution in [3.8, 4) is 0 Å². The molecule has 1 amide bonds. The number of benzene rings is 2. The highest BCUT2D eigenvalue weighted by Gasteiger charge is 2.13. The lowest BCUT2D eigenvalue weighted by Gasteiger charge is -2.12. The van der Waals surface area contributed by atoms with E-state index >= 15 is 0 Å². The van der Waals surface area contributed by atoms with Gasteiger partial charge in [0.05, 0.1) is 22.2 Å². The maximum absolute atomic E-state index is 12.2. The summed E-state index contributed by atoms with van der Waals surface area (Å²) in [4.78, 5) is 12.2. The molecule has 0 spiro atoms. The molecule has 0 atom stereocenters. The van der Waals surface area contributed by atoms with Crippen LogP contribution in [0.3, 0.4) is 0 Å². The second-order valence-electron chi connectivity index (χ2n) is 4.75. The van der Waals surface area contributed by atoms with E-state index in [1.54, 1.807) is 6.07 Å². The normalized spacial score (nSPS) is 10.5. The number of carbonyl (C=O) groups is 1. The molecule has 0 bridgehead atoms. The minimum atomic E-state index is -0.176. The van der Waals surface area contributed by atoms with Crippen LogP contribution in [0.1, 0.15) is 16.7 Å². The first-order chi connectivity index (χ1) is 10.0. The van der Waals surface area contributed by atoms with Crippen LogP contribution in [0.15, 0.2) is 36.4 Å². The van der Waals surface area contributed by atoms with Gasteiger partial charge in [0.25, 0.3) is 0 Å². The molecule has 110 valence electrons. The Hall–Kier alpha value is -1.55. The Kier molecular flexibility index (Phi) is 5.23. The van der Waals surface area contributed by atoms with Gasteiger partial charge >= 0.3 is 0 Å². The van der Waals surface area contributed by atoms with Crippen molar-refractivity contribution in [3.63, 3.8) is 0 Å². The highest BCUT2D eigenvalue weighted by molar-refractivity contribution is 6.40. The zero-order valence-corrected chi connectivity index (χ0v) is 13.1. The fourth-order valence-corrected chi connectivity index (χ4v) is 2.52. The molecule has 3 N–H and O–H groups in total. The molecule has 0 saturated heterocycles. The number of carbonyl (C=O) groups excluding carboxylic acids is 1. The maximum Gasteiger partial charge on any atom is 0.228 e. The van der Waals surface area contributed by atoms with E-state index in [-0.39, 0.29) is 12.3 Å². The molecule has 0 unspecified atom stereocenters. The third-order valence-corrected chi connectivity index (χ3v) is 4.04. The van der Waals surface area contributed by atoms with Gasteiger partial charge in [0.2, 0.25) is 5.91 Å². The molecule has 2 aromatic carbocycles. The molecule has 3 nitrogen and oxygen atoms in total. The van der Waals surface area contributed by atoms with Crippen molar-refractivity contribution < 1.29 is 4.79 Å². The third-order valence-electron chi connectivity index (χ3n) is 3.24. The Morgan fingerprint density at radius 1 is 1.14 bits per heavy atom. The fraction of sp³-hybridized carbons (Fsp3) is 0.188. The molecule has 0 aromatic heterocycles. The molecule has 0 aliphatic rings. The smallest absolute Gasteiger partial charge is 0.228 e. The highest BCUT2D eigenvalue weighted by atomic mass is 35.5. The summed E-state index contributed by atoms with van der Waals surface area (Å²) in [5.74, 6) is -0.176. The van der Waals surface area contributed by atoms with Gasteiger partial charge in [-0.1, -0.05) is 53.5 Å². The number of hydrogen-bond donors (Lipinski definition) is 2. The van der Waals surface area contributed by atoms with Gasteiger partial charge in [-0.3, -0.25) is 4.79 Å². The van der Waals surface area contributed by atoms with Crippen LogP contribution in [0.2, 0.25) is 10.0 Å². The van der Waals surface area contributed by atoms with Crippen LogP contribution in [0.5, 0.6) is 0 Å². The van der Waals surface area contributed by atoms with Crippen molar-refractivity contribution in [3.05, 3.63) is 63.1 Å². The van der Waals surface area contributed by atoms with E-state index in [9.17, 15) is 4.79 Å². The number of rotatable bonds is 4. The van der Waals surface area contributed by atoms with E-state index in [2.05, 4.69) is 5.32 Å². The van der Waals surface area contributed by atoms with Crippen LogP contribution in [-0.2, 0) is 17.8 Å². The summed E-state index contributed by atoms with van der Waals surface area (Å²) in [6, 6.07) is 11.1. The molecule has 21 heavy (non-hydrogen) atoms. The van der Waals surface area contributed by atoms with Gasteiger partial charge in [0, 0.05) is 6.54 Å². The van der Waals surface area contributed by atoms with Gasteiger partial charge in [-0.25, -0.2) is 0 Å². The van der Waals surface area contributed by atoms with Gasteiger partial charge in [-0.2, -0.15) is 0 Å². The quantitative estimate of drug-likeness (QED) is 0.895. The van der Waals surface area contributed by atoms with Crippen molar-refractivity contribution in [1.82, 2.24) is 0 Å². The van der Waals surface area contributed by atoms with Crippen molar-refractivity contribution in [2.24, 2.45) is 5.73 Å². The van der Waals surface area contributed by atoms with Gasteiger partial charge in [0.15, 0.2) is 0 Å². The second-order valence-corrected chi connectivity index (χ2v) is 5.54. The topological polar surface area (TPSA) is 55.1 Å². The van der Waals surface area contributed by atoms with Gasteiger partial charge in [-0.15, -0.1) is 0 Å². The van der Waals surface area contributed by atoms with E-state index in [0.717, 1.165) is 16.7 Å². The van der Waals surface area contributed by atoms with Crippen LogP contribution in [-0.4, -0.2) is 5.91 Å². The SMILES string of the molecule is Cc1ccc(Cl)c(NC(=O)Cc2ccccc2CN)c1Cl. The molecule has 2 aromatic rings. The van der Waals surface area contributed by atoms with E-state index in [1.807, 2.05) is 37.3 Å². The first-order valence-electron chi connectivity index (χ1n) is 6.54. The van der Waals surface area contributed by atoms with Crippen molar-refractivity contribution in [2.45, 2.75) is 19.9 Å². The van der Waals surface area contributed by atoms with Crippen LogP contribution in [0.4, 0.5) is 5.69 Å². The third kappa shape index (κ3) is 3.76. The Bertz CT molecular complexity index is 671. The molecular weight excluding hydrogens is 307 g/mol. The largest absolute Gasteiger partial charge is 0.326 e. The molecule has 0 heterocycles. The summed E-state index contributed by atoms with van der Waals surface area (Å²) >= 11 is 12.3. The van der Waals surface area contributed by atoms with Gasteiger partial charge in [-0.05, 0) is 29.7 Å². The number of amides is 1. The van der Waals surface area contributed by atoms with Crippen LogP contribution in [0.25, 0.3) is 0 Å². The van der Waals surface area contributed by atoms with E-state index in [0.29, 0.717) is 22.3 Å². The van der Waals surface area contributed by atoms with Crippen LogP contribution < -0.4 is 11.1 Å². The average molecular weight is 323 g/mol. The highest BCUT2D eigenvalue weighted by Crippen LogP contribution is 2.32. The van der Waals surface area contributed by atoms with E-state index in [4.69, 9.17) is 28.9 Å². The second kappa shape index (κ2) is 6.94. The van der Waals surface area contributed by atoms with Crippen LogP contribution >= 0.6 is 23.2 Å². The Balaban J connectivity index is 2.18. The summed E-state index contributed by atoms with van der Waals surface area (Å²) in [6.45, 7) is 2.26. The molecule has 5 heteroatoms. The van der Waals surface area contributed by atoms with Gasteiger partial charge < -0.3 is 11.1 Å². The first-order valence-corrected chi connectivity index (χ1v) is 7.29. The predicted molar refractivity (Wildman–Crippen MR) is 87.9 cm³/mol. The fourth-order valence-electron chi connectivity index (χ4n) is 2.06. The standard InChI is InChI=1S/C16H16Cl2N2O/c1-10-6-7-13(17)16(15(10)18)20-14(21)8-11-4-2-3-5-12(11)9-19/h2-7H,8-9,19H2,1H3,(H,20,21). The van der Waals surface area contributed by atoms with E-state index < -0.39 is 0 Å². The average Bonchev–Trinajstić information content (AvgIpc) is 2.48. The summed E-state index contributed by atoms with van der Waals surface area (Å²) < 4.78 is 0. The zero-order valence-electron chi connectivity index (χ0n) is 11.6. The molecular formula is C16H16Cl2N2O. The molecule has 0 radical (unpaired) electrons. The van der Waals surface area contributed by atoms with Crippen molar-refractivity contribution in [1.29, 1.82) is 0 Å².